The molecule has 0 bridgehead atoms. The van der Waals surface area contributed by atoms with Crippen molar-refractivity contribution in [1.82, 2.24) is 36.9 Å². The number of nitrogens with one attached hydrogen (secondary N) is 7. The van der Waals surface area contributed by atoms with Crippen LogP contribution < -0.4 is 37.2 Å². The Balaban J connectivity index is 1.20. The largest absolute Gasteiger partial charge is 0.445 e. The molecule has 0 radical (unpaired) electrons. The predicted molar refractivity (Wildman–Crippen MR) is 257 cm³/mol. The number of pyridine rings is 1. The van der Waals surface area contributed by atoms with Crippen LogP contribution in [-0.4, -0.2) is 91.4 Å². The molecular formula is C50H61N9O8. The van der Waals surface area contributed by atoms with Gasteiger partial charge in [0.25, 0.3) is 0 Å². The van der Waals surface area contributed by atoms with E-state index in [0.29, 0.717) is 24.5 Å². The molecule has 17 heteroatoms. The van der Waals surface area contributed by atoms with E-state index in [1.807, 2.05) is 121 Å². The molecule has 4 aromatic carbocycles. The molecular weight excluding hydrogens is 855 g/mol. The molecule has 1 heterocycles. The van der Waals surface area contributed by atoms with E-state index >= 15 is 0 Å². The van der Waals surface area contributed by atoms with E-state index in [0.717, 1.165) is 27.6 Å². The molecule has 67 heavy (non-hydrogen) atoms. The van der Waals surface area contributed by atoms with Crippen molar-refractivity contribution in [3.8, 4) is 0 Å². The minimum absolute atomic E-state index is 0.122. The first-order valence-electron chi connectivity index (χ1n) is 22.3. The minimum atomic E-state index is -1.09. The van der Waals surface area contributed by atoms with E-state index in [-0.39, 0.29) is 58.8 Å². The third kappa shape index (κ3) is 19.5. The van der Waals surface area contributed by atoms with Crippen LogP contribution in [0.5, 0.6) is 0 Å². The monoisotopic (exact) mass is 915 g/mol. The Bertz CT molecular complexity index is 2360. The quantitative estimate of drug-likeness (QED) is 0.0175. The van der Waals surface area contributed by atoms with Crippen LogP contribution in [-0.2, 0) is 43.4 Å². The maximum atomic E-state index is 14.1. The van der Waals surface area contributed by atoms with Crippen LogP contribution in [0.3, 0.4) is 0 Å². The van der Waals surface area contributed by atoms with E-state index in [4.69, 9.17) is 14.2 Å². The number of para-hydroxylation sites is 1. The lowest BCUT2D eigenvalue weighted by Crippen LogP contribution is -2.53. The molecule has 5 rings (SSSR count). The zero-order valence-corrected chi connectivity index (χ0v) is 38.2. The Kier molecular flexibility index (Phi) is 20.2. The molecule has 0 spiro atoms. The number of nitrogens with zero attached hydrogens (tertiary/aromatic N) is 2. The number of rotatable bonds is 22. The van der Waals surface area contributed by atoms with Gasteiger partial charge in [0.1, 0.15) is 30.9 Å². The topological polar surface area (TPSA) is 222 Å². The van der Waals surface area contributed by atoms with Crippen LogP contribution in [0.2, 0.25) is 0 Å². The summed E-state index contributed by atoms with van der Waals surface area (Å²) in [4.78, 5) is 74.8. The molecule has 1 aromatic heterocycles. The van der Waals surface area contributed by atoms with Gasteiger partial charge >= 0.3 is 18.3 Å². The normalized spacial score (nSPS) is 12.1. The molecule has 0 fully saturated rings. The van der Waals surface area contributed by atoms with Gasteiger partial charge in [0.2, 0.25) is 11.8 Å². The number of anilines is 1. The Morgan fingerprint density at radius 2 is 1.15 bits per heavy atom. The molecule has 0 aliphatic heterocycles. The van der Waals surface area contributed by atoms with Gasteiger partial charge in [-0.25, -0.2) is 14.4 Å². The molecule has 0 unspecified atom stereocenters. The van der Waals surface area contributed by atoms with Crippen molar-refractivity contribution in [2.45, 2.75) is 77.4 Å². The standard InChI is InChI=1S/C50H61N9O8/c1-50(2,3)67-49(64)59-42(45(61)58-43(26-25-36-16-7-4-8-17-36)44(60)57-40-32-39-22-13-14-23-41(39)56-33-40)24-15-27-51-46(52-28-30-54-47(62)65-34-37-18-9-5-10-19-37)53-29-31-55-48(63)66-35-38-20-11-6-12-21-38/h4-14,16-23,32-33,42-43H,15,24-31,34-35H2,1-3H3,(H,54,62)(H,55,63)(H,57,60)(H,58,61)(H,59,64)(H2,51,52,53)/t42-,43-/m0/s1. The number of hydrogen-bond donors (Lipinski definition) is 7. The first-order chi connectivity index (χ1) is 32.4. The van der Waals surface area contributed by atoms with E-state index < -0.39 is 47.8 Å². The summed E-state index contributed by atoms with van der Waals surface area (Å²) in [7, 11) is 0. The number of guanidine groups is 1. The number of benzene rings is 4. The van der Waals surface area contributed by atoms with Crippen molar-refractivity contribution in [3.63, 3.8) is 0 Å². The van der Waals surface area contributed by atoms with Crippen molar-refractivity contribution >= 4 is 52.6 Å². The Morgan fingerprint density at radius 3 is 1.79 bits per heavy atom. The number of carbonyl (C=O) groups excluding carboxylic acids is 5. The van der Waals surface area contributed by atoms with Gasteiger partial charge in [0.05, 0.1) is 23.9 Å². The lowest BCUT2D eigenvalue weighted by atomic mass is 10.0. The summed E-state index contributed by atoms with van der Waals surface area (Å²) in [5.41, 5.74) is 3.11. The summed E-state index contributed by atoms with van der Waals surface area (Å²) >= 11 is 0. The van der Waals surface area contributed by atoms with Gasteiger partial charge in [-0.2, -0.15) is 0 Å². The van der Waals surface area contributed by atoms with Crippen LogP contribution in [0, 0.1) is 0 Å². The van der Waals surface area contributed by atoms with Gasteiger partial charge in [-0.05, 0) is 75.3 Å². The number of fused-ring (bicyclic) bond motifs is 1. The molecule has 2 atom stereocenters. The van der Waals surface area contributed by atoms with E-state index in [9.17, 15) is 24.0 Å². The van der Waals surface area contributed by atoms with Gasteiger partial charge in [-0.1, -0.05) is 109 Å². The fourth-order valence-electron chi connectivity index (χ4n) is 6.49. The van der Waals surface area contributed by atoms with Crippen molar-refractivity contribution in [3.05, 3.63) is 144 Å². The maximum Gasteiger partial charge on any atom is 0.408 e. The highest BCUT2D eigenvalue weighted by atomic mass is 16.6. The second kappa shape index (κ2) is 26.9. The zero-order chi connectivity index (χ0) is 47.7. The number of ether oxygens (including phenoxy) is 3. The van der Waals surface area contributed by atoms with E-state index in [1.165, 1.54) is 0 Å². The number of aryl methyl sites for hydroxylation is 1. The highest BCUT2D eigenvalue weighted by Crippen LogP contribution is 2.17. The van der Waals surface area contributed by atoms with Crippen LogP contribution in [0.15, 0.2) is 133 Å². The predicted octanol–water partition coefficient (Wildman–Crippen LogP) is 6.35. The molecule has 0 saturated heterocycles. The fourth-order valence-corrected chi connectivity index (χ4v) is 6.49. The zero-order valence-electron chi connectivity index (χ0n) is 38.2. The molecule has 0 saturated carbocycles. The first kappa shape index (κ1) is 50.3. The third-order valence-corrected chi connectivity index (χ3v) is 9.79. The second-order valence-corrected chi connectivity index (χ2v) is 16.4. The van der Waals surface area contributed by atoms with E-state index in [1.54, 1.807) is 27.0 Å². The van der Waals surface area contributed by atoms with Crippen LogP contribution in [0.25, 0.3) is 10.9 Å². The molecule has 17 nitrogen and oxygen atoms in total. The smallest absolute Gasteiger partial charge is 0.408 e. The number of carbonyl (C=O) groups is 5. The summed E-state index contributed by atoms with van der Waals surface area (Å²) in [6, 6.07) is 35.6. The SMILES string of the molecule is CC(C)(C)OC(=O)N[C@@H](CCCN/C(=N/CCNC(=O)OCc1ccccc1)NCCNC(=O)OCc1ccccc1)C(=O)N[C@@H](CCc1ccccc1)C(=O)Nc1cnc2ccccc2c1. The highest BCUT2D eigenvalue weighted by molar-refractivity contribution is 5.99. The number of aliphatic imine (C=N–C) groups is 1. The van der Waals surface area contributed by atoms with Crippen molar-refractivity contribution in [2.24, 2.45) is 4.99 Å². The van der Waals surface area contributed by atoms with Gasteiger partial charge < -0.3 is 51.4 Å². The molecule has 0 aliphatic rings. The summed E-state index contributed by atoms with van der Waals surface area (Å²) in [6.45, 7) is 6.52. The number of amides is 5. The lowest BCUT2D eigenvalue weighted by molar-refractivity contribution is -0.128. The first-order valence-corrected chi connectivity index (χ1v) is 22.3. The van der Waals surface area contributed by atoms with Crippen LogP contribution in [0.4, 0.5) is 20.1 Å². The molecule has 5 amide bonds. The number of alkyl carbamates (subject to hydrolysis) is 3. The average molecular weight is 916 g/mol. The second-order valence-electron chi connectivity index (χ2n) is 16.4. The van der Waals surface area contributed by atoms with E-state index in [2.05, 4.69) is 47.2 Å². The van der Waals surface area contributed by atoms with Crippen molar-refractivity contribution < 1.29 is 38.2 Å². The Morgan fingerprint density at radius 1 is 0.597 bits per heavy atom. The molecule has 354 valence electrons. The van der Waals surface area contributed by atoms with Gasteiger partial charge in [0, 0.05) is 31.6 Å². The molecule has 5 aromatic rings. The Hall–Kier alpha value is -7.69. The van der Waals surface area contributed by atoms with Gasteiger partial charge in [-0.3, -0.25) is 19.6 Å². The number of hydrogen-bond acceptors (Lipinski definition) is 10. The number of aromatic nitrogens is 1. The minimum Gasteiger partial charge on any atom is -0.445 e. The average Bonchev–Trinajstić information content (AvgIpc) is 3.32. The summed E-state index contributed by atoms with van der Waals surface area (Å²) in [5.74, 6) is -0.650. The fraction of sp³-hybridized carbons (Fsp3) is 0.340. The summed E-state index contributed by atoms with van der Waals surface area (Å²) in [6.07, 6.45) is 0.874. The van der Waals surface area contributed by atoms with Crippen LogP contribution in [0.1, 0.15) is 56.7 Å². The highest BCUT2D eigenvalue weighted by Gasteiger charge is 2.28. The molecule has 7 N–H and O–H groups in total. The summed E-state index contributed by atoms with van der Waals surface area (Å²) < 4.78 is 16.1. The van der Waals surface area contributed by atoms with Gasteiger partial charge in [-0.15, -0.1) is 0 Å². The maximum absolute atomic E-state index is 14.1. The lowest BCUT2D eigenvalue weighted by Gasteiger charge is -2.25. The van der Waals surface area contributed by atoms with Crippen molar-refractivity contribution in [1.29, 1.82) is 0 Å². The summed E-state index contributed by atoms with van der Waals surface area (Å²) in [5, 5.41) is 21.1. The van der Waals surface area contributed by atoms with Gasteiger partial charge in [0.15, 0.2) is 5.96 Å². The third-order valence-electron chi connectivity index (χ3n) is 9.79. The Labute approximate surface area is 391 Å². The molecule has 0 aliphatic carbocycles. The van der Waals surface area contributed by atoms with Crippen molar-refractivity contribution in [2.75, 3.05) is 38.0 Å². The van der Waals surface area contributed by atoms with Crippen LogP contribution >= 0.6 is 0 Å².